The van der Waals surface area contributed by atoms with Gasteiger partial charge in [0.05, 0.1) is 11.7 Å². The maximum absolute atomic E-state index is 5.41. The molecule has 0 aliphatic rings. The average molecular weight is 182 g/mol. The van der Waals surface area contributed by atoms with Gasteiger partial charge in [0.1, 0.15) is 0 Å². The number of nitrogens with zero attached hydrogens (tertiary/aromatic N) is 3. The number of aromatic nitrogens is 3. The average Bonchev–Trinajstić information content (AvgIpc) is 2.62. The molecule has 1 atom stereocenters. The monoisotopic (exact) mass is 182 g/mol. The van der Waals surface area contributed by atoms with Gasteiger partial charge in [0.25, 0.3) is 0 Å². The summed E-state index contributed by atoms with van der Waals surface area (Å²) in [6.07, 6.45) is 5.02. The van der Waals surface area contributed by atoms with Crippen LogP contribution in [0.2, 0.25) is 0 Å². The molecule has 0 fully saturated rings. The Balaban J connectivity index is 2.53. The molecule has 0 saturated carbocycles. The van der Waals surface area contributed by atoms with Crippen molar-refractivity contribution in [1.82, 2.24) is 15.0 Å². The molecule has 0 amide bonds. The third kappa shape index (κ3) is 2.81. The van der Waals surface area contributed by atoms with Crippen LogP contribution in [0.25, 0.3) is 0 Å². The standard InChI is InChI=1S/C9H18N4/c1-3-8(2)13-7-9(11-12-13)5-4-6-10/h7-8H,3-6,10H2,1-2H3. The number of hydrogen-bond donors (Lipinski definition) is 1. The van der Waals surface area contributed by atoms with E-state index in [1.165, 1.54) is 0 Å². The molecule has 0 bridgehead atoms. The van der Waals surface area contributed by atoms with Gasteiger partial charge in [-0.1, -0.05) is 12.1 Å². The van der Waals surface area contributed by atoms with Crippen LogP contribution >= 0.6 is 0 Å². The largest absolute Gasteiger partial charge is 0.330 e. The van der Waals surface area contributed by atoms with Crippen molar-refractivity contribution in [3.05, 3.63) is 11.9 Å². The molecular weight excluding hydrogens is 164 g/mol. The minimum absolute atomic E-state index is 0.444. The van der Waals surface area contributed by atoms with Crippen LogP contribution in [0.1, 0.15) is 38.4 Å². The fourth-order valence-corrected chi connectivity index (χ4v) is 1.11. The van der Waals surface area contributed by atoms with Crippen molar-refractivity contribution in [2.45, 2.75) is 39.2 Å². The summed E-state index contributed by atoms with van der Waals surface area (Å²) in [5, 5.41) is 8.15. The van der Waals surface area contributed by atoms with Gasteiger partial charge in [-0.3, -0.25) is 0 Å². The summed E-state index contributed by atoms with van der Waals surface area (Å²) < 4.78 is 1.92. The van der Waals surface area contributed by atoms with Crippen LogP contribution in [0.5, 0.6) is 0 Å². The lowest BCUT2D eigenvalue weighted by atomic mass is 10.2. The third-order valence-electron chi connectivity index (χ3n) is 2.24. The van der Waals surface area contributed by atoms with Crippen LogP contribution in [0.3, 0.4) is 0 Å². The van der Waals surface area contributed by atoms with Crippen LogP contribution < -0.4 is 5.73 Å². The highest BCUT2D eigenvalue weighted by atomic mass is 15.4. The van der Waals surface area contributed by atoms with E-state index in [1.807, 2.05) is 10.9 Å². The molecule has 0 spiro atoms. The van der Waals surface area contributed by atoms with Gasteiger partial charge in [-0.15, -0.1) is 5.10 Å². The highest BCUT2D eigenvalue weighted by molar-refractivity contribution is 4.93. The van der Waals surface area contributed by atoms with Gasteiger partial charge in [-0.05, 0) is 32.7 Å². The quantitative estimate of drug-likeness (QED) is 0.743. The third-order valence-corrected chi connectivity index (χ3v) is 2.24. The van der Waals surface area contributed by atoms with Crippen molar-refractivity contribution >= 4 is 0 Å². The SMILES string of the molecule is CCC(C)n1cc(CCCN)nn1. The Morgan fingerprint density at radius 1 is 1.62 bits per heavy atom. The van der Waals surface area contributed by atoms with E-state index in [9.17, 15) is 0 Å². The predicted octanol–water partition coefficient (Wildman–Crippen LogP) is 1.14. The van der Waals surface area contributed by atoms with Crippen molar-refractivity contribution in [3.8, 4) is 0 Å². The minimum Gasteiger partial charge on any atom is -0.330 e. The summed E-state index contributed by atoms with van der Waals surface area (Å²) in [4.78, 5) is 0. The molecule has 1 aromatic heterocycles. The van der Waals surface area contributed by atoms with E-state index in [-0.39, 0.29) is 0 Å². The second-order valence-corrected chi connectivity index (χ2v) is 3.34. The molecule has 1 unspecified atom stereocenters. The first-order chi connectivity index (χ1) is 6.27. The van der Waals surface area contributed by atoms with Gasteiger partial charge < -0.3 is 5.73 Å². The Morgan fingerprint density at radius 3 is 3.00 bits per heavy atom. The van der Waals surface area contributed by atoms with Crippen LogP contribution in [-0.2, 0) is 6.42 Å². The molecule has 0 aliphatic heterocycles. The van der Waals surface area contributed by atoms with Gasteiger partial charge in [-0.2, -0.15) is 0 Å². The topological polar surface area (TPSA) is 56.7 Å². The fourth-order valence-electron chi connectivity index (χ4n) is 1.11. The Hall–Kier alpha value is -0.900. The molecule has 13 heavy (non-hydrogen) atoms. The van der Waals surface area contributed by atoms with Crippen molar-refractivity contribution in [3.63, 3.8) is 0 Å². The maximum Gasteiger partial charge on any atom is 0.0827 e. The Bertz CT molecular complexity index is 244. The van der Waals surface area contributed by atoms with Crippen molar-refractivity contribution < 1.29 is 0 Å². The summed E-state index contributed by atoms with van der Waals surface area (Å²) >= 11 is 0. The summed E-state index contributed by atoms with van der Waals surface area (Å²) in [7, 11) is 0. The van der Waals surface area contributed by atoms with Gasteiger partial charge >= 0.3 is 0 Å². The molecule has 0 saturated heterocycles. The van der Waals surface area contributed by atoms with Crippen molar-refractivity contribution in [2.24, 2.45) is 5.73 Å². The lowest BCUT2D eigenvalue weighted by Gasteiger charge is -2.05. The minimum atomic E-state index is 0.444. The molecule has 1 heterocycles. The van der Waals surface area contributed by atoms with Gasteiger partial charge in [0.15, 0.2) is 0 Å². The first-order valence-electron chi connectivity index (χ1n) is 4.88. The van der Waals surface area contributed by atoms with Crippen LogP contribution in [0.4, 0.5) is 0 Å². The molecule has 0 radical (unpaired) electrons. The summed E-state index contributed by atoms with van der Waals surface area (Å²) in [6.45, 7) is 5.00. The zero-order valence-electron chi connectivity index (χ0n) is 8.40. The summed E-state index contributed by atoms with van der Waals surface area (Å²) in [6, 6.07) is 0.444. The number of nitrogens with two attached hydrogens (primary N) is 1. The van der Waals surface area contributed by atoms with Crippen molar-refractivity contribution in [1.29, 1.82) is 0 Å². The number of hydrogen-bond acceptors (Lipinski definition) is 3. The lowest BCUT2D eigenvalue weighted by Crippen LogP contribution is -2.04. The molecule has 0 aromatic carbocycles. The van der Waals surface area contributed by atoms with E-state index in [1.54, 1.807) is 0 Å². The predicted molar refractivity (Wildman–Crippen MR) is 52.4 cm³/mol. The van der Waals surface area contributed by atoms with Gasteiger partial charge in [-0.25, -0.2) is 4.68 Å². The molecule has 0 aliphatic carbocycles. The molecule has 1 aromatic rings. The van der Waals surface area contributed by atoms with Crippen LogP contribution in [0.15, 0.2) is 6.20 Å². The zero-order chi connectivity index (χ0) is 9.68. The summed E-state index contributed by atoms with van der Waals surface area (Å²) in [5.41, 5.74) is 6.46. The normalized spacial score (nSPS) is 13.2. The molecule has 1 rings (SSSR count). The Morgan fingerprint density at radius 2 is 2.38 bits per heavy atom. The number of aryl methyl sites for hydroxylation is 1. The molecule has 4 nitrogen and oxygen atoms in total. The van der Waals surface area contributed by atoms with E-state index in [0.717, 1.165) is 31.5 Å². The fraction of sp³-hybridized carbons (Fsp3) is 0.778. The van der Waals surface area contributed by atoms with E-state index < -0.39 is 0 Å². The Labute approximate surface area is 79.1 Å². The molecular formula is C9H18N4. The van der Waals surface area contributed by atoms with E-state index in [0.29, 0.717) is 6.04 Å². The Kier molecular flexibility index (Phi) is 3.89. The van der Waals surface area contributed by atoms with E-state index in [2.05, 4.69) is 24.2 Å². The summed E-state index contributed by atoms with van der Waals surface area (Å²) in [5.74, 6) is 0. The highest BCUT2D eigenvalue weighted by Crippen LogP contribution is 2.08. The van der Waals surface area contributed by atoms with Gasteiger partial charge in [0, 0.05) is 6.20 Å². The molecule has 4 heteroatoms. The van der Waals surface area contributed by atoms with E-state index >= 15 is 0 Å². The zero-order valence-corrected chi connectivity index (χ0v) is 8.40. The second-order valence-electron chi connectivity index (χ2n) is 3.34. The van der Waals surface area contributed by atoms with E-state index in [4.69, 9.17) is 5.73 Å². The lowest BCUT2D eigenvalue weighted by molar-refractivity contribution is 0.464. The maximum atomic E-state index is 5.41. The van der Waals surface area contributed by atoms with Crippen LogP contribution in [-0.4, -0.2) is 21.5 Å². The van der Waals surface area contributed by atoms with Crippen LogP contribution in [0, 0.1) is 0 Å². The molecule has 2 N–H and O–H groups in total. The second kappa shape index (κ2) is 4.97. The first-order valence-corrected chi connectivity index (χ1v) is 4.88. The highest BCUT2D eigenvalue weighted by Gasteiger charge is 2.04. The number of rotatable bonds is 5. The smallest absolute Gasteiger partial charge is 0.0827 e. The first kappa shape index (κ1) is 10.2. The van der Waals surface area contributed by atoms with Gasteiger partial charge in [0.2, 0.25) is 0 Å². The molecule has 74 valence electrons. The van der Waals surface area contributed by atoms with Crippen molar-refractivity contribution in [2.75, 3.05) is 6.54 Å².